The number of nitrogens with two attached hydrogens (primary N) is 1. The van der Waals surface area contributed by atoms with Crippen LogP contribution in [-0.4, -0.2) is 17.1 Å². The zero-order valence-electron chi connectivity index (χ0n) is 9.47. The molecule has 94 valence electrons. The summed E-state index contributed by atoms with van der Waals surface area (Å²) in [5.41, 5.74) is 6.28. The molecule has 0 saturated heterocycles. The molecule has 1 unspecified atom stereocenters. The molecule has 0 spiro atoms. The molecule has 0 aliphatic heterocycles. The maximum atomic E-state index is 10.6. The quantitative estimate of drug-likeness (QED) is 0.891. The molecule has 0 aliphatic carbocycles. The topological polar surface area (TPSA) is 76.5 Å². The van der Waals surface area contributed by atoms with Crippen LogP contribution in [0, 0.1) is 0 Å². The Hall–Kier alpha value is -1.78. The van der Waals surface area contributed by atoms with Gasteiger partial charge in [-0.2, -0.15) is 0 Å². The Kier molecular flexibility index (Phi) is 3.69. The number of hydrogen-bond donors (Lipinski definition) is 2. The fourth-order valence-corrected chi connectivity index (χ4v) is 1.78. The minimum atomic E-state index is -1.05. The van der Waals surface area contributed by atoms with Gasteiger partial charge in [0.25, 0.3) is 0 Å². The minimum Gasteiger partial charge on any atom is -0.480 e. The third kappa shape index (κ3) is 2.91. The average Bonchev–Trinajstić information content (AvgIpc) is 2.77. The summed E-state index contributed by atoms with van der Waals surface area (Å²) in [5, 5.41) is 9.34. The van der Waals surface area contributed by atoms with Crippen LogP contribution in [0.15, 0.2) is 40.8 Å². The van der Waals surface area contributed by atoms with Crippen LogP contribution in [0.4, 0.5) is 0 Å². The van der Waals surface area contributed by atoms with Gasteiger partial charge in [0.2, 0.25) is 0 Å². The molecular formula is C13H12ClNO3. The van der Waals surface area contributed by atoms with E-state index in [4.69, 9.17) is 26.9 Å². The van der Waals surface area contributed by atoms with Gasteiger partial charge in [0, 0.05) is 17.0 Å². The van der Waals surface area contributed by atoms with Gasteiger partial charge in [-0.3, -0.25) is 4.79 Å². The van der Waals surface area contributed by atoms with Gasteiger partial charge in [-0.05, 0) is 24.3 Å². The van der Waals surface area contributed by atoms with Gasteiger partial charge in [0.1, 0.15) is 17.6 Å². The molecule has 3 N–H and O–H groups in total. The van der Waals surface area contributed by atoms with E-state index in [2.05, 4.69) is 0 Å². The summed E-state index contributed by atoms with van der Waals surface area (Å²) in [7, 11) is 0. The predicted molar refractivity (Wildman–Crippen MR) is 68.5 cm³/mol. The largest absolute Gasteiger partial charge is 0.480 e. The summed E-state index contributed by atoms with van der Waals surface area (Å²) in [4.78, 5) is 10.6. The first-order chi connectivity index (χ1) is 8.56. The normalized spacial score (nSPS) is 12.3. The average molecular weight is 266 g/mol. The monoisotopic (exact) mass is 265 g/mol. The molecule has 5 heteroatoms. The van der Waals surface area contributed by atoms with Crippen LogP contribution in [0.5, 0.6) is 0 Å². The SMILES string of the molecule is NC(Cc1ccc(-c2cccc(Cl)c2)o1)C(=O)O. The maximum Gasteiger partial charge on any atom is 0.320 e. The van der Waals surface area contributed by atoms with Crippen molar-refractivity contribution in [3.05, 3.63) is 47.2 Å². The van der Waals surface area contributed by atoms with Crippen molar-refractivity contribution in [1.82, 2.24) is 0 Å². The molecule has 0 aliphatic rings. The number of carboxylic acids is 1. The zero-order chi connectivity index (χ0) is 13.1. The number of benzene rings is 1. The third-order valence-corrected chi connectivity index (χ3v) is 2.74. The zero-order valence-corrected chi connectivity index (χ0v) is 10.2. The Labute approximate surface area is 109 Å². The van der Waals surface area contributed by atoms with Gasteiger partial charge in [0.05, 0.1) is 0 Å². The number of furan rings is 1. The van der Waals surface area contributed by atoms with Crippen LogP contribution < -0.4 is 5.73 Å². The summed E-state index contributed by atoms with van der Waals surface area (Å²) >= 11 is 5.89. The maximum absolute atomic E-state index is 10.6. The Morgan fingerprint density at radius 3 is 2.83 bits per heavy atom. The molecule has 2 rings (SSSR count). The molecule has 4 nitrogen and oxygen atoms in total. The lowest BCUT2D eigenvalue weighted by molar-refractivity contribution is -0.138. The Balaban J connectivity index is 2.18. The summed E-state index contributed by atoms with van der Waals surface area (Å²) in [6, 6.07) is 9.78. The molecule has 18 heavy (non-hydrogen) atoms. The van der Waals surface area contributed by atoms with Gasteiger partial charge in [-0.1, -0.05) is 23.7 Å². The van der Waals surface area contributed by atoms with Crippen LogP contribution in [0.2, 0.25) is 5.02 Å². The van der Waals surface area contributed by atoms with E-state index in [9.17, 15) is 4.79 Å². The number of halogens is 1. The van der Waals surface area contributed by atoms with Gasteiger partial charge in [-0.25, -0.2) is 0 Å². The van der Waals surface area contributed by atoms with Crippen molar-refractivity contribution in [2.75, 3.05) is 0 Å². The van der Waals surface area contributed by atoms with E-state index in [1.54, 1.807) is 24.3 Å². The Bertz CT molecular complexity index is 565. The summed E-state index contributed by atoms with van der Waals surface area (Å²) < 4.78 is 5.54. The van der Waals surface area contributed by atoms with E-state index >= 15 is 0 Å². The summed E-state index contributed by atoms with van der Waals surface area (Å²) in [6.45, 7) is 0. The van der Waals surface area contributed by atoms with E-state index < -0.39 is 12.0 Å². The Morgan fingerprint density at radius 2 is 2.17 bits per heavy atom. The summed E-state index contributed by atoms with van der Waals surface area (Å²) in [6.07, 6.45) is 0.163. The van der Waals surface area contributed by atoms with E-state index in [0.29, 0.717) is 16.5 Å². The molecule has 0 fully saturated rings. The fraction of sp³-hybridized carbons (Fsp3) is 0.154. The van der Waals surface area contributed by atoms with Crippen molar-refractivity contribution in [1.29, 1.82) is 0 Å². The molecule has 1 aromatic heterocycles. The molecule has 1 heterocycles. The van der Waals surface area contributed by atoms with Crippen LogP contribution in [0.25, 0.3) is 11.3 Å². The Morgan fingerprint density at radius 1 is 1.39 bits per heavy atom. The highest BCUT2D eigenvalue weighted by Gasteiger charge is 2.15. The second kappa shape index (κ2) is 5.25. The number of carboxylic acid groups (broad SMARTS) is 1. The van der Waals surface area contributed by atoms with Gasteiger partial charge >= 0.3 is 5.97 Å². The lowest BCUT2D eigenvalue weighted by Crippen LogP contribution is -2.32. The lowest BCUT2D eigenvalue weighted by Gasteiger charge is -2.03. The smallest absolute Gasteiger partial charge is 0.320 e. The second-order valence-corrected chi connectivity index (χ2v) is 4.36. The van der Waals surface area contributed by atoms with Crippen molar-refractivity contribution >= 4 is 17.6 Å². The first-order valence-corrected chi connectivity index (χ1v) is 5.77. The lowest BCUT2D eigenvalue weighted by atomic mass is 10.2. The van der Waals surface area contributed by atoms with Crippen LogP contribution in [-0.2, 0) is 11.2 Å². The van der Waals surface area contributed by atoms with E-state index in [1.807, 2.05) is 12.1 Å². The van der Waals surface area contributed by atoms with Crippen molar-refractivity contribution in [3.63, 3.8) is 0 Å². The number of aliphatic carboxylic acids is 1. The molecule has 1 atom stereocenters. The second-order valence-electron chi connectivity index (χ2n) is 3.93. The first kappa shape index (κ1) is 12.7. The minimum absolute atomic E-state index is 0.163. The molecule has 0 radical (unpaired) electrons. The van der Waals surface area contributed by atoms with E-state index in [0.717, 1.165) is 5.56 Å². The van der Waals surface area contributed by atoms with E-state index in [-0.39, 0.29) is 6.42 Å². The number of hydrogen-bond acceptors (Lipinski definition) is 3. The molecule has 1 aromatic carbocycles. The molecule has 0 bridgehead atoms. The molecule has 2 aromatic rings. The van der Waals surface area contributed by atoms with Crippen LogP contribution in [0.1, 0.15) is 5.76 Å². The van der Waals surface area contributed by atoms with Gasteiger partial charge in [0.15, 0.2) is 0 Å². The highest BCUT2D eigenvalue weighted by Crippen LogP contribution is 2.25. The predicted octanol–water partition coefficient (Wildman–Crippen LogP) is 2.55. The molecule has 0 amide bonds. The highest BCUT2D eigenvalue weighted by atomic mass is 35.5. The number of carbonyl (C=O) groups is 1. The fourth-order valence-electron chi connectivity index (χ4n) is 1.59. The van der Waals surface area contributed by atoms with Crippen molar-refractivity contribution in [2.24, 2.45) is 5.73 Å². The van der Waals surface area contributed by atoms with Crippen LogP contribution in [0.3, 0.4) is 0 Å². The first-order valence-electron chi connectivity index (χ1n) is 5.39. The highest BCUT2D eigenvalue weighted by molar-refractivity contribution is 6.30. The standard InChI is InChI=1S/C13H12ClNO3/c14-9-3-1-2-8(6-9)12-5-4-10(18-12)7-11(15)13(16)17/h1-6,11H,7,15H2,(H,16,17). The summed E-state index contributed by atoms with van der Waals surface area (Å²) in [5.74, 6) is 0.140. The van der Waals surface area contributed by atoms with Crippen molar-refractivity contribution in [2.45, 2.75) is 12.5 Å². The molecular weight excluding hydrogens is 254 g/mol. The van der Waals surface area contributed by atoms with Crippen LogP contribution >= 0.6 is 11.6 Å². The van der Waals surface area contributed by atoms with Gasteiger partial charge < -0.3 is 15.3 Å². The molecule has 0 saturated carbocycles. The number of rotatable bonds is 4. The van der Waals surface area contributed by atoms with Gasteiger partial charge in [-0.15, -0.1) is 0 Å². The van der Waals surface area contributed by atoms with E-state index in [1.165, 1.54) is 0 Å². The van der Waals surface area contributed by atoms with Crippen molar-refractivity contribution < 1.29 is 14.3 Å². The van der Waals surface area contributed by atoms with Crippen molar-refractivity contribution in [3.8, 4) is 11.3 Å². The third-order valence-electron chi connectivity index (χ3n) is 2.51.